The average Bonchev–Trinajstić information content (AvgIpc) is 3.39. The van der Waals surface area contributed by atoms with Gasteiger partial charge >= 0.3 is 5.97 Å². The van der Waals surface area contributed by atoms with E-state index in [-0.39, 0.29) is 37.3 Å². The third-order valence-corrected chi connectivity index (χ3v) is 7.46. The highest BCUT2D eigenvalue weighted by Gasteiger charge is 2.22. The number of aryl methyl sites for hydroxylation is 1. The van der Waals surface area contributed by atoms with Gasteiger partial charge in [0.25, 0.3) is 11.8 Å². The molecule has 0 atom stereocenters. The van der Waals surface area contributed by atoms with Crippen LogP contribution in [0, 0.1) is 0 Å². The number of hydrogen-bond donors (Lipinski definition) is 1. The summed E-state index contributed by atoms with van der Waals surface area (Å²) in [5, 5.41) is 0. The van der Waals surface area contributed by atoms with Crippen molar-refractivity contribution in [1.29, 1.82) is 0 Å². The Balaban J connectivity index is 1.31. The minimum absolute atomic E-state index is 0.0463. The van der Waals surface area contributed by atoms with Gasteiger partial charge in [-0.1, -0.05) is 24.3 Å². The number of carbonyl (C=O) groups is 3. The van der Waals surface area contributed by atoms with E-state index < -0.39 is 5.91 Å². The van der Waals surface area contributed by atoms with E-state index in [9.17, 15) is 14.4 Å². The number of pyridine rings is 1. The first kappa shape index (κ1) is 31.6. The van der Waals surface area contributed by atoms with E-state index in [1.807, 2.05) is 60.0 Å². The van der Waals surface area contributed by atoms with Crippen LogP contribution in [0.2, 0.25) is 0 Å². The molecule has 234 valence electrons. The van der Waals surface area contributed by atoms with Crippen LogP contribution >= 0.6 is 0 Å². The predicted octanol–water partition coefficient (Wildman–Crippen LogP) is 4.75. The van der Waals surface area contributed by atoms with Gasteiger partial charge in [0.2, 0.25) is 0 Å². The molecule has 11 nitrogen and oxygen atoms in total. The Bertz CT molecular complexity index is 1870. The second-order valence-corrected chi connectivity index (χ2v) is 10.6. The molecule has 2 aromatic heterocycles. The summed E-state index contributed by atoms with van der Waals surface area (Å²) in [6.45, 7) is 2.64. The van der Waals surface area contributed by atoms with Crippen LogP contribution in [0.25, 0.3) is 11.0 Å². The Morgan fingerprint density at radius 2 is 1.63 bits per heavy atom. The van der Waals surface area contributed by atoms with Crippen LogP contribution in [-0.4, -0.2) is 58.4 Å². The fourth-order valence-electron chi connectivity index (χ4n) is 4.96. The number of aromatic nitrogens is 3. The van der Waals surface area contributed by atoms with Crippen molar-refractivity contribution in [3.63, 3.8) is 0 Å². The van der Waals surface area contributed by atoms with Crippen LogP contribution in [0.5, 0.6) is 0 Å². The molecule has 0 fully saturated rings. The number of anilines is 2. The van der Waals surface area contributed by atoms with Gasteiger partial charge in [0.15, 0.2) is 0 Å². The van der Waals surface area contributed by atoms with Gasteiger partial charge in [0.1, 0.15) is 17.5 Å². The molecule has 0 radical (unpaired) electrons. The highest BCUT2D eigenvalue weighted by atomic mass is 16.5. The molecule has 2 heterocycles. The number of fused-ring (bicyclic) bond motifs is 1. The van der Waals surface area contributed by atoms with Gasteiger partial charge < -0.3 is 19.9 Å². The lowest BCUT2D eigenvalue weighted by Crippen LogP contribution is -2.34. The Morgan fingerprint density at radius 1 is 0.913 bits per heavy atom. The predicted molar refractivity (Wildman–Crippen MR) is 178 cm³/mol. The topological polar surface area (TPSA) is 136 Å². The number of rotatable bonds is 11. The molecule has 46 heavy (non-hydrogen) atoms. The third kappa shape index (κ3) is 7.27. The number of benzene rings is 3. The maximum absolute atomic E-state index is 13.7. The lowest BCUT2D eigenvalue weighted by atomic mass is 10.1. The van der Waals surface area contributed by atoms with Gasteiger partial charge in [-0.05, 0) is 73.7 Å². The maximum Gasteiger partial charge on any atom is 0.307 e. The van der Waals surface area contributed by atoms with Crippen LogP contribution in [-0.2, 0) is 23.1 Å². The molecule has 0 aliphatic carbocycles. The fraction of sp³-hybridized carbons (Fsp3) is 0.200. The number of aliphatic imine (C=N–C) groups is 1. The summed E-state index contributed by atoms with van der Waals surface area (Å²) in [4.78, 5) is 54.9. The lowest BCUT2D eigenvalue weighted by Gasteiger charge is -2.21. The molecule has 0 aliphatic rings. The van der Waals surface area contributed by atoms with Crippen LogP contribution in [0.1, 0.15) is 45.4 Å². The van der Waals surface area contributed by atoms with Gasteiger partial charge in [-0.25, -0.2) is 9.97 Å². The summed E-state index contributed by atoms with van der Waals surface area (Å²) < 4.78 is 7.05. The first-order chi connectivity index (χ1) is 22.2. The largest absolute Gasteiger partial charge is 0.466 e. The van der Waals surface area contributed by atoms with E-state index in [0.29, 0.717) is 34.6 Å². The van der Waals surface area contributed by atoms with E-state index in [2.05, 4.69) is 9.98 Å². The van der Waals surface area contributed by atoms with Gasteiger partial charge in [-0.15, -0.1) is 0 Å². The zero-order valence-corrected chi connectivity index (χ0v) is 26.0. The number of esters is 1. The number of amides is 2. The fourth-order valence-corrected chi connectivity index (χ4v) is 4.96. The molecule has 0 unspecified atom stereocenters. The Labute approximate surface area is 267 Å². The molecular formula is C35H35N7O4. The van der Waals surface area contributed by atoms with Gasteiger partial charge in [0.05, 0.1) is 30.6 Å². The average molecular weight is 618 g/mol. The van der Waals surface area contributed by atoms with Crippen LogP contribution in [0.4, 0.5) is 11.5 Å². The van der Waals surface area contributed by atoms with Crippen LogP contribution < -0.4 is 15.5 Å². The number of imidazole rings is 1. The first-order valence-electron chi connectivity index (χ1n) is 14.8. The van der Waals surface area contributed by atoms with Crippen molar-refractivity contribution in [2.75, 3.05) is 30.0 Å². The molecule has 0 bridgehead atoms. The van der Waals surface area contributed by atoms with E-state index in [1.165, 1.54) is 4.90 Å². The summed E-state index contributed by atoms with van der Waals surface area (Å²) in [6.07, 6.45) is 1.65. The van der Waals surface area contributed by atoms with Crippen LogP contribution in [0.15, 0.2) is 102 Å². The summed E-state index contributed by atoms with van der Waals surface area (Å²) in [5.41, 5.74) is 10.1. The summed E-state index contributed by atoms with van der Waals surface area (Å²) in [7, 11) is 3.89. The monoisotopic (exact) mass is 617 g/mol. The van der Waals surface area contributed by atoms with Crippen molar-refractivity contribution in [2.24, 2.45) is 17.8 Å². The SMILES string of the molecule is CCOC(=O)CCN(C(=O)c1ccc2c(c1)nc(CN(C)c1ccc(C(N)=NC(=O)c3ccccc3)cc1)n2C)c1ccccn1. The van der Waals surface area contributed by atoms with Crippen molar-refractivity contribution < 1.29 is 19.1 Å². The van der Waals surface area contributed by atoms with Crippen LogP contribution in [0.3, 0.4) is 0 Å². The standard InChI is InChI=1S/C35H35N7O4/c1-4-46-32(43)19-21-42(30-12-8-9-20-37-30)35(45)26-15-18-29-28(22-26)38-31(41(29)3)23-40(2)27-16-13-24(14-17-27)33(36)39-34(44)25-10-6-5-7-11-25/h5-18,20,22H,4,19,21,23H2,1-3H3,(H2,36,39,44). The van der Waals surface area contributed by atoms with Crippen molar-refractivity contribution in [3.05, 3.63) is 120 Å². The van der Waals surface area contributed by atoms with Crippen molar-refractivity contribution in [2.45, 2.75) is 19.9 Å². The Hall–Kier alpha value is -5.84. The molecule has 11 heteroatoms. The van der Waals surface area contributed by atoms with E-state index >= 15 is 0 Å². The second-order valence-electron chi connectivity index (χ2n) is 10.6. The Morgan fingerprint density at radius 3 is 2.33 bits per heavy atom. The molecular weight excluding hydrogens is 582 g/mol. The molecule has 0 aliphatic heterocycles. The zero-order chi connectivity index (χ0) is 32.6. The number of nitrogens with two attached hydrogens (primary N) is 1. The molecule has 0 spiro atoms. The van der Waals surface area contributed by atoms with Gasteiger partial charge in [-0.2, -0.15) is 4.99 Å². The third-order valence-electron chi connectivity index (χ3n) is 7.46. The highest BCUT2D eigenvalue weighted by molar-refractivity contribution is 6.09. The molecule has 2 amide bonds. The number of ether oxygens (including phenoxy) is 1. The molecule has 3 aromatic carbocycles. The number of nitrogens with zero attached hydrogens (tertiary/aromatic N) is 6. The summed E-state index contributed by atoms with van der Waals surface area (Å²) in [6, 6.07) is 26.9. The molecule has 5 aromatic rings. The first-order valence-corrected chi connectivity index (χ1v) is 14.8. The van der Waals surface area contributed by atoms with Crippen molar-refractivity contribution in [3.8, 4) is 0 Å². The van der Waals surface area contributed by atoms with Gasteiger partial charge in [0, 0.05) is 49.2 Å². The lowest BCUT2D eigenvalue weighted by molar-refractivity contribution is -0.142. The van der Waals surface area contributed by atoms with E-state index in [1.54, 1.807) is 67.7 Å². The maximum atomic E-state index is 13.7. The quantitative estimate of drug-likeness (QED) is 0.127. The number of amidine groups is 1. The van der Waals surface area contributed by atoms with E-state index in [0.717, 1.165) is 17.0 Å². The smallest absolute Gasteiger partial charge is 0.307 e. The molecule has 2 N–H and O–H groups in total. The summed E-state index contributed by atoms with van der Waals surface area (Å²) >= 11 is 0. The van der Waals surface area contributed by atoms with Crippen molar-refractivity contribution in [1.82, 2.24) is 14.5 Å². The minimum atomic E-state index is -0.396. The Kier molecular flexibility index (Phi) is 9.81. The van der Waals surface area contributed by atoms with E-state index in [4.69, 9.17) is 15.5 Å². The molecule has 0 saturated heterocycles. The van der Waals surface area contributed by atoms with Crippen molar-refractivity contribution >= 4 is 46.2 Å². The zero-order valence-electron chi connectivity index (χ0n) is 26.0. The number of hydrogen-bond acceptors (Lipinski definition) is 7. The minimum Gasteiger partial charge on any atom is -0.466 e. The normalized spacial score (nSPS) is 11.3. The second kappa shape index (κ2) is 14.3. The number of carbonyl (C=O) groups excluding carboxylic acids is 3. The highest BCUT2D eigenvalue weighted by Crippen LogP contribution is 2.23. The molecule has 0 saturated carbocycles. The van der Waals surface area contributed by atoms with Gasteiger partial charge in [-0.3, -0.25) is 19.3 Å². The summed E-state index contributed by atoms with van der Waals surface area (Å²) in [5.74, 6) is 0.321. The molecule has 5 rings (SSSR count).